The van der Waals surface area contributed by atoms with Gasteiger partial charge in [-0.25, -0.2) is 0 Å². The molecule has 0 amide bonds. The molecule has 0 fully saturated rings. The summed E-state index contributed by atoms with van der Waals surface area (Å²) in [6, 6.07) is 0. The highest BCUT2D eigenvalue weighted by atomic mass is 16.4. The van der Waals surface area contributed by atoms with Gasteiger partial charge in [-0.05, 0) is 25.2 Å². The van der Waals surface area contributed by atoms with Crippen LogP contribution >= 0.6 is 0 Å². The summed E-state index contributed by atoms with van der Waals surface area (Å²) in [4.78, 5) is 22.7. The maximum absolute atomic E-state index is 11.9. The molecular weight excluding hydrogens is 280 g/mol. The molecule has 130 valence electrons. The lowest BCUT2D eigenvalue weighted by Gasteiger charge is -2.36. The summed E-state index contributed by atoms with van der Waals surface area (Å²) in [5.41, 5.74) is -0.755. The molecule has 0 saturated carbocycles. The summed E-state index contributed by atoms with van der Waals surface area (Å²) in [7, 11) is 0. The van der Waals surface area contributed by atoms with Crippen molar-refractivity contribution in [3.05, 3.63) is 0 Å². The Morgan fingerprint density at radius 2 is 1.55 bits per heavy atom. The summed E-state index contributed by atoms with van der Waals surface area (Å²) < 4.78 is 0. The third-order valence-corrected chi connectivity index (χ3v) is 5.01. The number of carbonyl (C=O) groups is 2. The highest BCUT2D eigenvalue weighted by molar-refractivity contribution is 5.75. The Labute approximate surface area is 135 Å². The van der Waals surface area contributed by atoms with Gasteiger partial charge in [0.1, 0.15) is 0 Å². The van der Waals surface area contributed by atoms with E-state index in [0.717, 1.165) is 19.3 Å². The van der Waals surface area contributed by atoms with E-state index in [2.05, 4.69) is 6.92 Å². The second-order valence-electron chi connectivity index (χ2n) is 6.37. The summed E-state index contributed by atoms with van der Waals surface area (Å²) in [5.74, 6) is -1.64. The number of hydrogen-bond acceptors (Lipinski definition) is 2. The van der Waals surface area contributed by atoms with E-state index in [1.165, 1.54) is 25.7 Å². The van der Waals surface area contributed by atoms with Crippen LogP contribution in [0.15, 0.2) is 0 Å². The van der Waals surface area contributed by atoms with Crippen LogP contribution in [-0.2, 0) is 9.59 Å². The fraction of sp³-hybridized carbons (Fsp3) is 0.889. The van der Waals surface area contributed by atoms with Gasteiger partial charge < -0.3 is 10.2 Å². The van der Waals surface area contributed by atoms with Crippen LogP contribution in [-0.4, -0.2) is 22.2 Å². The Balaban J connectivity index is 4.67. The summed E-state index contributed by atoms with van der Waals surface area (Å²) in [6.45, 7) is 6.08. The molecule has 2 N–H and O–H groups in total. The van der Waals surface area contributed by atoms with Gasteiger partial charge in [0.15, 0.2) is 0 Å². The van der Waals surface area contributed by atoms with Gasteiger partial charge in [-0.15, -0.1) is 0 Å². The van der Waals surface area contributed by atoms with Crippen molar-refractivity contribution in [2.75, 3.05) is 0 Å². The van der Waals surface area contributed by atoms with Crippen LogP contribution in [0.2, 0.25) is 0 Å². The number of rotatable bonds is 14. The fourth-order valence-corrected chi connectivity index (χ4v) is 3.49. The zero-order valence-electron chi connectivity index (χ0n) is 14.6. The standard InChI is InChI=1S/C18H34O4/c1-4-7-8-9-10-11-14-18(6-3,17(21)22)15(5-2)12-13-16(19)20/h15H,4-14H2,1-3H3,(H,19,20)(H,21,22). The molecule has 0 aromatic heterocycles. The largest absolute Gasteiger partial charge is 0.481 e. The van der Waals surface area contributed by atoms with Crippen molar-refractivity contribution in [3.8, 4) is 0 Å². The molecule has 0 heterocycles. The van der Waals surface area contributed by atoms with E-state index in [4.69, 9.17) is 5.11 Å². The average molecular weight is 314 g/mol. The van der Waals surface area contributed by atoms with Crippen LogP contribution in [0.5, 0.6) is 0 Å². The smallest absolute Gasteiger partial charge is 0.309 e. The van der Waals surface area contributed by atoms with Crippen molar-refractivity contribution in [3.63, 3.8) is 0 Å². The maximum Gasteiger partial charge on any atom is 0.309 e. The molecule has 2 unspecified atom stereocenters. The second-order valence-corrected chi connectivity index (χ2v) is 6.37. The van der Waals surface area contributed by atoms with Gasteiger partial charge >= 0.3 is 11.9 Å². The first-order chi connectivity index (χ1) is 10.4. The third-order valence-electron chi connectivity index (χ3n) is 5.01. The van der Waals surface area contributed by atoms with Gasteiger partial charge in [0.05, 0.1) is 5.41 Å². The van der Waals surface area contributed by atoms with Crippen molar-refractivity contribution in [1.82, 2.24) is 0 Å². The van der Waals surface area contributed by atoms with E-state index >= 15 is 0 Å². The lowest BCUT2D eigenvalue weighted by atomic mass is 9.67. The molecule has 0 rings (SSSR count). The molecule has 0 aliphatic rings. The summed E-state index contributed by atoms with van der Waals surface area (Å²) in [6.07, 6.45) is 9.33. The van der Waals surface area contributed by atoms with Crippen LogP contribution in [0.4, 0.5) is 0 Å². The van der Waals surface area contributed by atoms with Crippen LogP contribution in [0.3, 0.4) is 0 Å². The molecule has 22 heavy (non-hydrogen) atoms. The normalized spacial score (nSPS) is 15.2. The number of unbranched alkanes of at least 4 members (excludes halogenated alkanes) is 5. The lowest BCUT2D eigenvalue weighted by Crippen LogP contribution is -2.38. The van der Waals surface area contributed by atoms with Crippen LogP contribution < -0.4 is 0 Å². The second kappa shape index (κ2) is 11.5. The molecule has 4 nitrogen and oxygen atoms in total. The van der Waals surface area contributed by atoms with Crippen molar-refractivity contribution in [1.29, 1.82) is 0 Å². The zero-order valence-corrected chi connectivity index (χ0v) is 14.6. The van der Waals surface area contributed by atoms with Crippen molar-refractivity contribution in [2.24, 2.45) is 11.3 Å². The first-order valence-corrected chi connectivity index (χ1v) is 8.89. The Kier molecular flexibility index (Phi) is 10.9. The summed E-state index contributed by atoms with van der Waals surface area (Å²) >= 11 is 0. The molecule has 0 spiro atoms. The van der Waals surface area contributed by atoms with Crippen LogP contribution in [0.25, 0.3) is 0 Å². The molecule has 0 aromatic rings. The molecule has 0 aromatic carbocycles. The van der Waals surface area contributed by atoms with E-state index in [9.17, 15) is 14.7 Å². The first kappa shape index (κ1) is 20.9. The van der Waals surface area contributed by atoms with Gasteiger partial charge in [0.25, 0.3) is 0 Å². The van der Waals surface area contributed by atoms with E-state index in [-0.39, 0.29) is 12.3 Å². The van der Waals surface area contributed by atoms with Gasteiger partial charge in [0, 0.05) is 6.42 Å². The minimum Gasteiger partial charge on any atom is -0.481 e. The Hall–Kier alpha value is -1.06. The van der Waals surface area contributed by atoms with Crippen molar-refractivity contribution < 1.29 is 19.8 Å². The van der Waals surface area contributed by atoms with E-state index < -0.39 is 17.4 Å². The number of carboxylic acid groups (broad SMARTS) is 2. The predicted octanol–water partition coefficient (Wildman–Crippen LogP) is 5.11. The van der Waals surface area contributed by atoms with Gasteiger partial charge in [-0.2, -0.15) is 0 Å². The Bertz CT molecular complexity index is 327. The molecule has 4 heteroatoms. The number of hydrogen-bond donors (Lipinski definition) is 2. The number of aliphatic carboxylic acids is 2. The number of carboxylic acids is 2. The SMILES string of the molecule is CCCCCCCCC(CC)(C(=O)O)C(CC)CCC(=O)O. The Morgan fingerprint density at radius 3 is 2.00 bits per heavy atom. The molecule has 2 atom stereocenters. The molecule has 0 saturated heterocycles. The quantitative estimate of drug-likeness (QED) is 0.437. The van der Waals surface area contributed by atoms with Gasteiger partial charge in [-0.1, -0.05) is 65.7 Å². The van der Waals surface area contributed by atoms with E-state index in [1.54, 1.807) is 0 Å². The van der Waals surface area contributed by atoms with Crippen LogP contribution in [0.1, 0.15) is 91.4 Å². The highest BCUT2D eigenvalue weighted by Gasteiger charge is 2.42. The predicted molar refractivity (Wildman–Crippen MR) is 89.0 cm³/mol. The van der Waals surface area contributed by atoms with E-state index in [0.29, 0.717) is 19.3 Å². The Morgan fingerprint density at radius 1 is 0.955 bits per heavy atom. The minimum atomic E-state index is -0.839. The van der Waals surface area contributed by atoms with Crippen molar-refractivity contribution in [2.45, 2.75) is 91.4 Å². The average Bonchev–Trinajstić information content (AvgIpc) is 2.48. The van der Waals surface area contributed by atoms with Gasteiger partial charge in [0.2, 0.25) is 0 Å². The van der Waals surface area contributed by atoms with Crippen LogP contribution in [0, 0.1) is 11.3 Å². The molecular formula is C18H34O4. The monoisotopic (exact) mass is 314 g/mol. The van der Waals surface area contributed by atoms with Crippen molar-refractivity contribution >= 4 is 11.9 Å². The molecule has 0 aliphatic carbocycles. The minimum absolute atomic E-state index is 0.0539. The zero-order chi connectivity index (χ0) is 17.0. The maximum atomic E-state index is 11.9. The topological polar surface area (TPSA) is 74.6 Å². The van der Waals surface area contributed by atoms with E-state index in [1.807, 2.05) is 13.8 Å². The highest BCUT2D eigenvalue weighted by Crippen LogP contribution is 2.42. The van der Waals surface area contributed by atoms with Gasteiger partial charge in [-0.3, -0.25) is 9.59 Å². The fourth-order valence-electron chi connectivity index (χ4n) is 3.49. The molecule has 0 radical (unpaired) electrons. The lowest BCUT2D eigenvalue weighted by molar-refractivity contribution is -0.155. The first-order valence-electron chi connectivity index (χ1n) is 8.89. The summed E-state index contributed by atoms with van der Waals surface area (Å²) in [5, 5.41) is 18.7. The third kappa shape index (κ3) is 6.80. The molecule has 0 bridgehead atoms. The molecule has 0 aliphatic heterocycles.